The lowest BCUT2D eigenvalue weighted by Gasteiger charge is -2.10. The highest BCUT2D eigenvalue weighted by Crippen LogP contribution is 2.33. The zero-order valence-electron chi connectivity index (χ0n) is 15.8. The van der Waals surface area contributed by atoms with Crippen molar-refractivity contribution in [2.24, 2.45) is 5.92 Å². The van der Waals surface area contributed by atoms with Gasteiger partial charge in [0.1, 0.15) is 11.5 Å². The molecule has 1 amide bonds. The van der Waals surface area contributed by atoms with Crippen LogP contribution in [0.3, 0.4) is 0 Å². The van der Waals surface area contributed by atoms with Crippen LogP contribution < -0.4 is 5.32 Å². The molecule has 0 saturated carbocycles. The number of carbonyl (C=O) groups is 3. The third-order valence-electron chi connectivity index (χ3n) is 3.91. The van der Waals surface area contributed by atoms with Crippen molar-refractivity contribution < 1.29 is 23.5 Å². The number of nitrogens with one attached hydrogen (secondary N) is 2. The number of aromatic amines is 1. The van der Waals surface area contributed by atoms with Crippen LogP contribution in [0.1, 0.15) is 47.3 Å². The molecule has 1 heterocycles. The van der Waals surface area contributed by atoms with Crippen LogP contribution in [-0.2, 0) is 9.53 Å². The Kier molecular flexibility index (Phi) is 6.50. The Hall–Kier alpha value is -2.96. The Labute approximate surface area is 157 Å². The van der Waals surface area contributed by atoms with Crippen molar-refractivity contribution in [3.63, 3.8) is 0 Å². The zero-order chi connectivity index (χ0) is 20.1. The predicted octanol–water partition coefficient (Wildman–Crippen LogP) is 3.26. The maximum Gasteiger partial charge on any atom is 0.340 e. The summed E-state index contributed by atoms with van der Waals surface area (Å²) in [6, 6.07) is 5.76. The van der Waals surface area contributed by atoms with Crippen LogP contribution in [0.5, 0.6) is 0 Å². The lowest BCUT2D eigenvalue weighted by atomic mass is 9.97. The highest BCUT2D eigenvalue weighted by molar-refractivity contribution is 6.43. The van der Waals surface area contributed by atoms with E-state index in [0.717, 1.165) is 0 Å². The van der Waals surface area contributed by atoms with Gasteiger partial charge in [0, 0.05) is 23.4 Å². The first-order valence-electron chi connectivity index (χ1n) is 8.75. The summed E-state index contributed by atoms with van der Waals surface area (Å²) in [6.07, 6.45) is 0. The number of Topliss-reactive ketones (excluding diaryl/α,β-unsaturated/α-hetero) is 1. The summed E-state index contributed by atoms with van der Waals surface area (Å²) in [4.78, 5) is 40.1. The van der Waals surface area contributed by atoms with Gasteiger partial charge >= 0.3 is 5.97 Å². The number of amides is 1. The smallest absolute Gasteiger partial charge is 0.340 e. The molecule has 0 aliphatic carbocycles. The number of hydrogen-bond acceptors (Lipinski definition) is 4. The fourth-order valence-electron chi connectivity index (χ4n) is 2.68. The van der Waals surface area contributed by atoms with Crippen molar-refractivity contribution in [3.8, 4) is 11.1 Å². The summed E-state index contributed by atoms with van der Waals surface area (Å²) >= 11 is 0. The fourth-order valence-corrected chi connectivity index (χ4v) is 2.68. The van der Waals surface area contributed by atoms with E-state index < -0.39 is 23.5 Å². The molecule has 2 rings (SSSR count). The van der Waals surface area contributed by atoms with E-state index in [-0.39, 0.29) is 34.9 Å². The van der Waals surface area contributed by atoms with Crippen molar-refractivity contribution in [1.29, 1.82) is 0 Å². The standard InChI is InChI=1S/C20H23FN2O4/c1-5-27-20(26)15-12(4)23-17(18(24)19(25)22-10-11(2)3)16(15)13-8-6-7-9-14(13)21/h6-9,11,23H,5,10H2,1-4H3,(H,22,25). The Morgan fingerprint density at radius 1 is 1.22 bits per heavy atom. The van der Waals surface area contributed by atoms with Crippen molar-refractivity contribution in [1.82, 2.24) is 10.3 Å². The topological polar surface area (TPSA) is 88.3 Å². The predicted molar refractivity (Wildman–Crippen MR) is 99.1 cm³/mol. The highest BCUT2D eigenvalue weighted by Gasteiger charge is 2.30. The summed E-state index contributed by atoms with van der Waals surface area (Å²) in [5.41, 5.74) is 0.314. The normalized spacial score (nSPS) is 10.7. The van der Waals surface area contributed by atoms with E-state index in [0.29, 0.717) is 12.2 Å². The van der Waals surface area contributed by atoms with Crippen LogP contribution in [0, 0.1) is 18.7 Å². The molecule has 6 nitrogen and oxygen atoms in total. The Bertz CT molecular complexity index is 871. The van der Waals surface area contributed by atoms with Gasteiger partial charge in [-0.1, -0.05) is 32.0 Å². The first-order valence-corrected chi connectivity index (χ1v) is 8.75. The van der Waals surface area contributed by atoms with Crippen LogP contribution >= 0.6 is 0 Å². The molecule has 0 fully saturated rings. The van der Waals surface area contributed by atoms with Gasteiger partial charge < -0.3 is 15.0 Å². The second-order valence-electron chi connectivity index (χ2n) is 6.51. The van der Waals surface area contributed by atoms with Crippen LogP contribution in [0.2, 0.25) is 0 Å². The molecule has 27 heavy (non-hydrogen) atoms. The minimum absolute atomic E-state index is 0.0359. The van der Waals surface area contributed by atoms with Gasteiger partial charge in [0.15, 0.2) is 0 Å². The number of rotatable bonds is 7. The third-order valence-corrected chi connectivity index (χ3v) is 3.91. The molecule has 0 atom stereocenters. The summed E-state index contributed by atoms with van der Waals surface area (Å²) in [5, 5.41) is 2.54. The van der Waals surface area contributed by atoms with E-state index in [9.17, 15) is 18.8 Å². The van der Waals surface area contributed by atoms with Gasteiger partial charge in [-0.3, -0.25) is 9.59 Å². The van der Waals surface area contributed by atoms with E-state index in [4.69, 9.17) is 4.74 Å². The average molecular weight is 374 g/mol. The molecule has 0 unspecified atom stereocenters. The molecule has 7 heteroatoms. The molecule has 0 bridgehead atoms. The molecule has 2 N–H and O–H groups in total. The third kappa shape index (κ3) is 4.42. The molecule has 2 aromatic rings. The monoisotopic (exact) mass is 374 g/mol. The van der Waals surface area contributed by atoms with Crippen LogP contribution in [0.4, 0.5) is 4.39 Å². The Balaban J connectivity index is 2.60. The van der Waals surface area contributed by atoms with E-state index in [2.05, 4.69) is 10.3 Å². The van der Waals surface area contributed by atoms with Gasteiger partial charge in [0.2, 0.25) is 0 Å². The summed E-state index contributed by atoms with van der Waals surface area (Å²) in [7, 11) is 0. The van der Waals surface area contributed by atoms with Gasteiger partial charge in [-0.05, 0) is 25.8 Å². The fraction of sp³-hybridized carbons (Fsp3) is 0.350. The number of aromatic nitrogens is 1. The molecule has 0 spiro atoms. The highest BCUT2D eigenvalue weighted by atomic mass is 19.1. The van der Waals surface area contributed by atoms with E-state index in [1.54, 1.807) is 19.9 Å². The van der Waals surface area contributed by atoms with Gasteiger partial charge in [-0.15, -0.1) is 0 Å². The van der Waals surface area contributed by atoms with Gasteiger partial charge in [-0.25, -0.2) is 9.18 Å². The molecule has 0 radical (unpaired) electrons. The number of aryl methyl sites for hydroxylation is 1. The minimum Gasteiger partial charge on any atom is -0.462 e. The number of ketones is 1. The number of ether oxygens (including phenoxy) is 1. The van der Waals surface area contributed by atoms with Crippen molar-refractivity contribution in [2.75, 3.05) is 13.2 Å². The molecule has 1 aromatic carbocycles. The number of H-pyrrole nitrogens is 1. The first-order chi connectivity index (χ1) is 12.8. The maximum absolute atomic E-state index is 14.4. The van der Waals surface area contributed by atoms with Crippen molar-refractivity contribution in [3.05, 3.63) is 47.0 Å². The largest absolute Gasteiger partial charge is 0.462 e. The van der Waals surface area contributed by atoms with Gasteiger partial charge in [0.05, 0.1) is 12.2 Å². The maximum atomic E-state index is 14.4. The molecule has 0 saturated heterocycles. The lowest BCUT2D eigenvalue weighted by Crippen LogP contribution is -2.34. The zero-order valence-corrected chi connectivity index (χ0v) is 15.8. The van der Waals surface area contributed by atoms with Crippen LogP contribution in [-0.4, -0.2) is 35.8 Å². The second kappa shape index (κ2) is 8.62. The summed E-state index contributed by atoms with van der Waals surface area (Å²) in [6.45, 7) is 7.45. The number of carbonyl (C=O) groups excluding carboxylic acids is 3. The Morgan fingerprint density at radius 2 is 1.89 bits per heavy atom. The quantitative estimate of drug-likeness (QED) is 0.442. The molecule has 0 aliphatic rings. The van der Waals surface area contributed by atoms with E-state index >= 15 is 0 Å². The van der Waals surface area contributed by atoms with Gasteiger partial charge in [0.25, 0.3) is 11.7 Å². The minimum atomic E-state index is -0.868. The molecule has 144 valence electrons. The SMILES string of the molecule is CCOC(=O)c1c(C)[nH]c(C(=O)C(=O)NCC(C)C)c1-c1ccccc1F. The number of hydrogen-bond donors (Lipinski definition) is 2. The Morgan fingerprint density at radius 3 is 2.48 bits per heavy atom. The number of esters is 1. The van der Waals surface area contributed by atoms with Crippen LogP contribution in [0.15, 0.2) is 24.3 Å². The second-order valence-corrected chi connectivity index (χ2v) is 6.51. The summed E-state index contributed by atoms with van der Waals surface area (Å²) < 4.78 is 19.5. The van der Waals surface area contributed by atoms with E-state index in [1.807, 2.05) is 13.8 Å². The molecular formula is C20H23FN2O4. The van der Waals surface area contributed by atoms with Crippen molar-refractivity contribution in [2.45, 2.75) is 27.7 Å². The van der Waals surface area contributed by atoms with Crippen LogP contribution in [0.25, 0.3) is 11.1 Å². The van der Waals surface area contributed by atoms with E-state index in [1.165, 1.54) is 18.2 Å². The molecular weight excluding hydrogens is 351 g/mol. The lowest BCUT2D eigenvalue weighted by molar-refractivity contribution is -0.117. The number of halogens is 1. The molecule has 0 aliphatic heterocycles. The first kappa shape index (κ1) is 20.4. The summed E-state index contributed by atoms with van der Waals surface area (Å²) in [5.74, 6) is -2.83. The number of benzene rings is 1. The average Bonchev–Trinajstić information content (AvgIpc) is 2.96. The van der Waals surface area contributed by atoms with Gasteiger partial charge in [-0.2, -0.15) is 0 Å². The molecule has 1 aromatic heterocycles. The van der Waals surface area contributed by atoms with Crippen molar-refractivity contribution >= 4 is 17.7 Å².